The number of benzene rings is 1. The number of hydrogen-bond donors (Lipinski definition) is 2. The summed E-state index contributed by atoms with van der Waals surface area (Å²) >= 11 is 0. The summed E-state index contributed by atoms with van der Waals surface area (Å²) in [6.07, 6.45) is 3.36. The van der Waals surface area contributed by atoms with E-state index in [4.69, 9.17) is 0 Å². The Morgan fingerprint density at radius 1 is 1.38 bits per heavy atom. The molecule has 0 atom stereocenters. The number of anilines is 1. The molecule has 134 valence electrons. The van der Waals surface area contributed by atoms with E-state index in [1.807, 2.05) is 6.07 Å². The first kappa shape index (κ1) is 19.1. The van der Waals surface area contributed by atoms with Crippen molar-refractivity contribution in [2.75, 3.05) is 23.9 Å². The Morgan fingerprint density at radius 3 is 2.71 bits per heavy atom. The Labute approximate surface area is 147 Å². The van der Waals surface area contributed by atoms with E-state index in [1.54, 1.807) is 6.07 Å². The lowest BCUT2D eigenvalue weighted by Gasteiger charge is -2.20. The van der Waals surface area contributed by atoms with Crippen LogP contribution in [0.2, 0.25) is 0 Å². The van der Waals surface area contributed by atoms with Crippen LogP contribution in [0, 0.1) is 11.2 Å². The second-order valence-corrected chi connectivity index (χ2v) is 8.93. The molecular formula is C16H22ClFN2O3S. The zero-order valence-corrected chi connectivity index (χ0v) is 15.2. The first-order valence-electron chi connectivity index (χ1n) is 7.77. The van der Waals surface area contributed by atoms with E-state index in [-0.39, 0.29) is 42.0 Å². The fourth-order valence-corrected chi connectivity index (χ4v) is 4.77. The van der Waals surface area contributed by atoms with Crippen LogP contribution in [0.15, 0.2) is 12.1 Å². The number of rotatable bonds is 5. The summed E-state index contributed by atoms with van der Waals surface area (Å²) in [4.78, 5) is 12.2. The largest absolute Gasteiger partial charge is 0.324 e. The molecule has 1 saturated carbocycles. The van der Waals surface area contributed by atoms with E-state index >= 15 is 0 Å². The van der Waals surface area contributed by atoms with Crippen LogP contribution in [0.3, 0.4) is 0 Å². The van der Waals surface area contributed by atoms with Crippen LogP contribution < -0.4 is 10.6 Å². The van der Waals surface area contributed by atoms with Gasteiger partial charge in [-0.25, -0.2) is 12.8 Å². The summed E-state index contributed by atoms with van der Waals surface area (Å²) in [5.74, 6) is -0.671. The highest BCUT2D eigenvalue weighted by Crippen LogP contribution is 2.49. The van der Waals surface area contributed by atoms with Gasteiger partial charge in [-0.3, -0.25) is 4.79 Å². The van der Waals surface area contributed by atoms with Gasteiger partial charge in [0.2, 0.25) is 5.91 Å². The van der Waals surface area contributed by atoms with Crippen molar-refractivity contribution in [3.63, 3.8) is 0 Å². The molecule has 24 heavy (non-hydrogen) atoms. The summed E-state index contributed by atoms with van der Waals surface area (Å²) < 4.78 is 37.4. The third-order valence-electron chi connectivity index (χ3n) is 4.54. The first-order valence-corrected chi connectivity index (χ1v) is 9.83. The molecule has 1 aliphatic carbocycles. The van der Waals surface area contributed by atoms with Crippen LogP contribution in [-0.2, 0) is 27.6 Å². The molecule has 8 heteroatoms. The van der Waals surface area contributed by atoms with Crippen molar-refractivity contribution in [1.29, 1.82) is 0 Å². The van der Waals surface area contributed by atoms with Gasteiger partial charge >= 0.3 is 0 Å². The molecule has 1 heterocycles. The van der Waals surface area contributed by atoms with E-state index in [1.165, 1.54) is 6.26 Å². The summed E-state index contributed by atoms with van der Waals surface area (Å²) in [7, 11) is -3.12. The van der Waals surface area contributed by atoms with Crippen molar-refractivity contribution in [2.45, 2.75) is 32.2 Å². The predicted molar refractivity (Wildman–Crippen MR) is 93.7 cm³/mol. The van der Waals surface area contributed by atoms with Crippen LogP contribution in [0.25, 0.3) is 0 Å². The van der Waals surface area contributed by atoms with Crippen LogP contribution in [0.4, 0.5) is 10.1 Å². The van der Waals surface area contributed by atoms with Gasteiger partial charge in [0.1, 0.15) is 15.7 Å². The lowest BCUT2D eigenvalue weighted by atomic mass is 9.99. The molecule has 0 unspecified atom stereocenters. The zero-order valence-electron chi connectivity index (χ0n) is 13.5. The molecule has 5 nitrogen and oxygen atoms in total. The molecule has 0 aromatic heterocycles. The van der Waals surface area contributed by atoms with Crippen molar-refractivity contribution in [1.82, 2.24) is 5.32 Å². The van der Waals surface area contributed by atoms with Crippen LogP contribution >= 0.6 is 12.4 Å². The van der Waals surface area contributed by atoms with Gasteiger partial charge in [-0.1, -0.05) is 6.07 Å². The Balaban J connectivity index is 0.00000208. The van der Waals surface area contributed by atoms with Crippen molar-refractivity contribution < 1.29 is 17.6 Å². The molecule has 1 amide bonds. The molecule has 1 aliphatic heterocycles. The van der Waals surface area contributed by atoms with Crippen LogP contribution in [-0.4, -0.2) is 32.9 Å². The van der Waals surface area contributed by atoms with Crippen molar-refractivity contribution >= 4 is 33.8 Å². The molecule has 2 aliphatic rings. The Bertz CT molecular complexity index is 748. The van der Waals surface area contributed by atoms with Gasteiger partial charge in [-0.15, -0.1) is 12.4 Å². The predicted octanol–water partition coefficient (Wildman–Crippen LogP) is 2.05. The number of carbonyl (C=O) groups is 1. The van der Waals surface area contributed by atoms with Gasteiger partial charge in [-0.2, -0.15) is 0 Å². The lowest BCUT2D eigenvalue weighted by Crippen LogP contribution is -2.26. The Kier molecular flexibility index (Phi) is 5.57. The fraction of sp³-hybridized carbons (Fsp3) is 0.562. The molecule has 1 fully saturated rings. The molecule has 2 N–H and O–H groups in total. The van der Waals surface area contributed by atoms with Crippen LogP contribution in [0.1, 0.15) is 30.4 Å². The summed E-state index contributed by atoms with van der Waals surface area (Å²) in [5.41, 5.74) is 1.30. The van der Waals surface area contributed by atoms with Gasteiger partial charge in [0.05, 0.1) is 11.4 Å². The summed E-state index contributed by atoms with van der Waals surface area (Å²) in [6, 6.07) is 3.40. The molecule has 0 radical (unpaired) electrons. The van der Waals surface area contributed by atoms with Gasteiger partial charge in [0, 0.05) is 19.2 Å². The molecule has 3 rings (SSSR count). The SMILES string of the molecule is CS(=O)(=O)CC1(CC(=O)Nc2ccc3c(c2F)CCNC3)CC1.Cl. The number of amides is 1. The van der Waals surface area contributed by atoms with Crippen molar-refractivity contribution in [3.05, 3.63) is 29.1 Å². The topological polar surface area (TPSA) is 75.3 Å². The maximum absolute atomic E-state index is 14.5. The Morgan fingerprint density at radius 2 is 2.08 bits per heavy atom. The summed E-state index contributed by atoms with van der Waals surface area (Å²) in [6.45, 7) is 1.36. The van der Waals surface area contributed by atoms with Gasteiger partial charge < -0.3 is 10.6 Å². The smallest absolute Gasteiger partial charge is 0.225 e. The monoisotopic (exact) mass is 376 g/mol. The average molecular weight is 377 g/mol. The second-order valence-electron chi connectivity index (χ2n) is 6.79. The minimum absolute atomic E-state index is 0. The standard InChI is InChI=1S/C16H21FN2O3S.ClH/c1-23(21,22)10-16(5-6-16)8-14(20)19-13-3-2-11-9-18-7-4-12(11)15(13)17;/h2-3,18H,4-10H2,1H3,(H,19,20);1H. The number of sulfone groups is 1. The number of carbonyl (C=O) groups excluding carboxylic acids is 1. The first-order chi connectivity index (χ1) is 10.8. The molecular weight excluding hydrogens is 355 g/mol. The van der Waals surface area contributed by atoms with Gasteiger partial charge in [0.15, 0.2) is 0 Å². The molecule has 0 saturated heterocycles. The second kappa shape index (κ2) is 6.98. The van der Waals surface area contributed by atoms with Crippen LogP contribution in [0.5, 0.6) is 0 Å². The zero-order chi connectivity index (χ0) is 16.7. The molecule has 0 spiro atoms. The lowest BCUT2D eigenvalue weighted by molar-refractivity contribution is -0.117. The average Bonchev–Trinajstić information content (AvgIpc) is 3.19. The normalized spacial score (nSPS) is 18.2. The highest BCUT2D eigenvalue weighted by molar-refractivity contribution is 7.90. The van der Waals surface area contributed by atoms with E-state index in [9.17, 15) is 17.6 Å². The van der Waals surface area contributed by atoms with Gasteiger partial charge in [-0.05, 0) is 48.4 Å². The third kappa shape index (κ3) is 4.46. The minimum atomic E-state index is -3.12. The highest BCUT2D eigenvalue weighted by Gasteiger charge is 2.46. The minimum Gasteiger partial charge on any atom is -0.324 e. The number of halogens is 2. The van der Waals surface area contributed by atoms with E-state index < -0.39 is 15.3 Å². The van der Waals surface area contributed by atoms with E-state index in [0.717, 1.165) is 24.9 Å². The van der Waals surface area contributed by atoms with Crippen molar-refractivity contribution in [3.8, 4) is 0 Å². The molecule has 1 aromatic rings. The highest BCUT2D eigenvalue weighted by atomic mass is 35.5. The molecule has 0 bridgehead atoms. The number of nitrogens with one attached hydrogen (secondary N) is 2. The third-order valence-corrected chi connectivity index (χ3v) is 5.68. The van der Waals surface area contributed by atoms with E-state index in [2.05, 4.69) is 10.6 Å². The quantitative estimate of drug-likeness (QED) is 0.824. The number of fused-ring (bicyclic) bond motifs is 1. The van der Waals surface area contributed by atoms with Crippen molar-refractivity contribution in [2.24, 2.45) is 5.41 Å². The maximum atomic E-state index is 14.5. The Hall–Kier alpha value is -1.18. The van der Waals surface area contributed by atoms with E-state index in [0.29, 0.717) is 18.5 Å². The molecule has 1 aromatic carbocycles. The summed E-state index contributed by atoms with van der Waals surface area (Å²) in [5, 5.41) is 5.79. The fourth-order valence-electron chi connectivity index (χ4n) is 3.27. The maximum Gasteiger partial charge on any atom is 0.225 e. The van der Waals surface area contributed by atoms with Gasteiger partial charge in [0.25, 0.3) is 0 Å². The number of hydrogen-bond acceptors (Lipinski definition) is 4.